The quantitative estimate of drug-likeness (QED) is 0.0237. The van der Waals surface area contributed by atoms with Crippen molar-refractivity contribution in [1.82, 2.24) is 19.4 Å². The van der Waals surface area contributed by atoms with E-state index in [-0.39, 0.29) is 84.7 Å². The lowest BCUT2D eigenvalue weighted by atomic mass is 10.1. The average Bonchev–Trinajstić information content (AvgIpc) is 1.63. The van der Waals surface area contributed by atoms with Crippen LogP contribution in [0.1, 0.15) is 177 Å². The van der Waals surface area contributed by atoms with E-state index in [0.29, 0.717) is 45.2 Å². The van der Waals surface area contributed by atoms with Crippen LogP contribution in [0.2, 0.25) is 20.1 Å². The van der Waals surface area contributed by atoms with Crippen molar-refractivity contribution in [3.63, 3.8) is 0 Å². The number of aryl methyl sites for hydroxylation is 4. The molecule has 2 aliphatic carbocycles. The number of hydrogen-bond donors (Lipinski definition) is 2. The molecule has 3 atom stereocenters. The number of likely N-dealkylation sites (tertiary alicyclic amines) is 3. The number of esters is 2. The maximum atomic E-state index is 14.6. The van der Waals surface area contributed by atoms with Gasteiger partial charge in [-0.25, -0.2) is 45.1 Å². The number of aromatic carboxylic acids is 1. The fourth-order valence-corrected chi connectivity index (χ4v) is 16.1. The van der Waals surface area contributed by atoms with Crippen LogP contribution in [0.15, 0.2) is 146 Å². The minimum atomic E-state index is -3.78. The molecule has 13 rings (SSSR count). The molecule has 0 spiro atoms. The molecular weight excluding hydrogens is 1760 g/mol. The van der Waals surface area contributed by atoms with Gasteiger partial charge in [-0.15, -0.1) is 12.4 Å². The number of halogens is 10. The number of alkyl halides is 1. The highest BCUT2D eigenvalue weighted by molar-refractivity contribution is 9.08. The number of nitrogens with one attached hydrogen (secondary N) is 1. The smallest absolute Gasteiger partial charge is 0.340 e. The monoisotopic (exact) mass is 1860 g/mol. The molecule has 17 nitrogen and oxygen atoms in total. The van der Waals surface area contributed by atoms with E-state index in [9.17, 15) is 45.2 Å². The third-order valence-electron chi connectivity index (χ3n) is 20.5. The molecule has 0 radical (unpaired) electrons. The van der Waals surface area contributed by atoms with E-state index < -0.39 is 73.5 Å². The number of carbonyl (C=O) groups excluding carboxylic acids is 3. The third kappa shape index (κ3) is 32.0. The van der Waals surface area contributed by atoms with E-state index >= 15 is 0 Å². The summed E-state index contributed by atoms with van der Waals surface area (Å²) in [5.41, 5.74) is 8.83. The summed E-state index contributed by atoms with van der Waals surface area (Å²) in [5, 5.41) is 9.88. The zero-order chi connectivity index (χ0) is 87.7. The number of carboxylic acid groups (broad SMARTS) is 1. The summed E-state index contributed by atoms with van der Waals surface area (Å²) in [6, 6.07) is 43.6. The molecule has 1 amide bonds. The van der Waals surface area contributed by atoms with E-state index in [1.165, 1.54) is 83.7 Å². The molecule has 0 bridgehead atoms. The number of carbonyl (C=O) groups is 4. The maximum Gasteiger partial charge on any atom is 0.340 e. The number of nitrogens with zero attached hydrogens (tertiary/aromatic N) is 3. The molecule has 3 heterocycles. The Balaban J connectivity index is 0.000000211. The molecule has 8 aromatic carbocycles. The number of hydrogen-bond acceptors (Lipinski definition) is 15. The fourth-order valence-electron chi connectivity index (χ4n) is 13.5. The van der Waals surface area contributed by atoms with E-state index in [1.807, 2.05) is 4.72 Å². The van der Waals surface area contributed by atoms with Crippen LogP contribution in [-0.2, 0) is 44.5 Å². The molecule has 5 aliphatic rings. The number of carboxylic acids is 1. The Kier molecular flexibility index (Phi) is 41.6. The Hall–Kier alpha value is -9.00. The van der Waals surface area contributed by atoms with Crippen molar-refractivity contribution in [3.8, 4) is 58.5 Å². The fraction of sp³-hybridized carbons (Fsp3) is 0.383. The van der Waals surface area contributed by atoms with Crippen LogP contribution < -0.4 is 23.7 Å². The van der Waals surface area contributed by atoms with Gasteiger partial charge in [-0.1, -0.05) is 206 Å². The van der Waals surface area contributed by atoms with Gasteiger partial charge in [0.15, 0.2) is 0 Å². The Morgan fingerprint density at radius 1 is 0.443 bits per heavy atom. The van der Waals surface area contributed by atoms with E-state index in [0.717, 1.165) is 132 Å². The first kappa shape index (κ1) is 100. The van der Waals surface area contributed by atoms with E-state index in [4.69, 9.17) is 70.5 Å². The molecule has 3 saturated heterocycles. The van der Waals surface area contributed by atoms with Crippen molar-refractivity contribution in [2.45, 2.75) is 167 Å². The molecule has 0 unspecified atom stereocenters. The molecule has 28 heteroatoms. The van der Waals surface area contributed by atoms with Gasteiger partial charge >= 0.3 is 17.9 Å². The standard InChI is InChI=1S/C23H26ClFN2O4S.C21H23ClFNO3.C20H21ClFNO3.C14H16ClFO3.C8H9Br.C8H6.ClH/c1-15-4-6-16(7-5-15)13-27-10-2-3-17(27)14-31-22-12-21(25)19(11-20(22)24)23(28)26-32(29,30)18-8-9-18;1-14-5-7-15(8-6-14)12-24-9-3-4-16(24)13-27-20-11-19(23)17(10-18(20)22)21(25)26-2;1-13-4-6-14(7-5-13)11-23-8-2-3-15(23)12-26-19-10-18(22)16(20(24)25)9-17(19)21;1-18-14(17)10-6-11(15)13(7-12(10)16)19-8-9-4-2-3-5-9;1-7-2-4-8(6-9)5-3-7;1-3-5-7-8-6-4-2;/h4-7,11-12,17-18H,2-3,8-10,13-14H2,1H3,(H,26,28);5-8,10-11,16H,3-4,9,12-13H2,1-2H3;4-7,9-10,15H,2-3,8,11-12H2,1H3,(H,24,25);6-7,9H,2-5,8H2,1H3;2-5H,6H2,1H3;1-2H3;1H/t17-;16-;15-;;;;/m111..../s1. The van der Waals surface area contributed by atoms with Crippen LogP contribution in [0.3, 0.4) is 0 Å². The minimum absolute atomic E-state index is 0. The first-order valence-electron chi connectivity index (χ1n) is 39.8. The summed E-state index contributed by atoms with van der Waals surface area (Å²) in [6.45, 7) is 18.9. The summed E-state index contributed by atoms with van der Waals surface area (Å²) in [6.07, 6.45) is 11.9. The maximum absolute atomic E-state index is 14.6. The van der Waals surface area contributed by atoms with Gasteiger partial charge in [0.05, 0.1) is 68.4 Å². The number of rotatable bonds is 25. The van der Waals surface area contributed by atoms with E-state index in [1.54, 1.807) is 13.8 Å². The van der Waals surface area contributed by atoms with Crippen LogP contribution in [0.25, 0.3) is 0 Å². The Morgan fingerprint density at radius 3 is 1.06 bits per heavy atom. The Labute approximate surface area is 748 Å². The number of amides is 1. The summed E-state index contributed by atoms with van der Waals surface area (Å²) >= 11 is 27.8. The first-order valence-corrected chi connectivity index (χ1v) is 43.9. The van der Waals surface area contributed by atoms with Crippen molar-refractivity contribution in [2.24, 2.45) is 5.92 Å². The number of sulfonamides is 1. The second kappa shape index (κ2) is 50.7. The van der Waals surface area contributed by atoms with Gasteiger partial charge in [0.2, 0.25) is 10.0 Å². The van der Waals surface area contributed by atoms with Crippen molar-refractivity contribution in [3.05, 3.63) is 256 Å². The highest BCUT2D eigenvalue weighted by Crippen LogP contribution is 2.36. The van der Waals surface area contributed by atoms with Crippen molar-refractivity contribution >= 4 is 109 Å². The summed E-state index contributed by atoms with van der Waals surface area (Å²) in [7, 11) is -1.38. The van der Waals surface area contributed by atoms with Gasteiger partial charge in [0.25, 0.3) is 5.91 Å². The van der Waals surface area contributed by atoms with E-state index in [2.05, 4.69) is 200 Å². The first-order chi connectivity index (χ1) is 58.0. The number of ether oxygens (including phenoxy) is 6. The molecule has 2 saturated carbocycles. The molecular formula is C94H102BrCl5F4N4O13S. The molecule has 2 N–H and O–H groups in total. The Morgan fingerprint density at radius 2 is 0.746 bits per heavy atom. The highest BCUT2D eigenvalue weighted by atomic mass is 79.9. The summed E-state index contributed by atoms with van der Waals surface area (Å²) in [4.78, 5) is 53.1. The van der Waals surface area contributed by atoms with Crippen molar-refractivity contribution in [2.75, 3.05) is 60.3 Å². The van der Waals surface area contributed by atoms with Gasteiger partial charge in [0, 0.05) is 67.4 Å². The van der Waals surface area contributed by atoms with Gasteiger partial charge in [-0.2, -0.15) is 0 Å². The van der Waals surface area contributed by atoms with Gasteiger partial charge in [0.1, 0.15) is 66.1 Å². The normalized spacial score (nSPS) is 15.9. The lowest BCUT2D eigenvalue weighted by molar-refractivity contribution is 0.0586. The molecule has 5 fully saturated rings. The summed E-state index contributed by atoms with van der Waals surface area (Å²) in [5.74, 6) is 9.85. The zero-order valence-corrected chi connectivity index (χ0v) is 75.7. The van der Waals surface area contributed by atoms with Gasteiger partial charge in [-0.3, -0.25) is 19.5 Å². The predicted molar refractivity (Wildman–Crippen MR) is 478 cm³/mol. The molecule has 0 aromatic heterocycles. The lowest BCUT2D eigenvalue weighted by Crippen LogP contribution is -2.34. The largest absolute Gasteiger partial charge is 0.492 e. The second-order valence-electron chi connectivity index (χ2n) is 29.8. The molecule has 652 valence electrons. The average molecular weight is 1860 g/mol. The van der Waals surface area contributed by atoms with Gasteiger partial charge < -0.3 is 33.5 Å². The predicted octanol–water partition coefficient (Wildman–Crippen LogP) is 21.4. The van der Waals surface area contributed by atoms with Crippen LogP contribution in [0, 0.1) is 92.4 Å². The molecule has 122 heavy (non-hydrogen) atoms. The molecule has 8 aromatic rings. The van der Waals surface area contributed by atoms with Crippen molar-refractivity contribution < 1.29 is 78.7 Å². The number of methoxy groups -OCH3 is 2. The van der Waals surface area contributed by atoms with Crippen LogP contribution in [0.5, 0.6) is 23.0 Å². The Bertz CT molecular complexity index is 5110. The SMILES string of the molecule is CC#CC#CC#CC.COC(=O)c1cc(Cl)c(OCC2CCCC2)cc1F.COC(=O)c1cc(Cl)c(OC[C@H]2CCCN2Cc2ccc(C)cc2)cc1F.Cc1ccc(CBr)cc1.Cc1ccc(CN2CCC[C@@H]2COc2cc(F)c(C(=O)NS(=O)(=O)C3CC3)cc2Cl)cc1.Cc1ccc(CN2CCC[C@@H]2COc2cc(F)c(C(=O)O)cc2Cl)cc1.Cl. The highest BCUT2D eigenvalue weighted by Gasteiger charge is 2.38. The molecule has 3 aliphatic heterocycles. The zero-order valence-electron chi connectivity index (χ0n) is 69.4. The summed E-state index contributed by atoms with van der Waals surface area (Å²) < 4.78 is 114. The van der Waals surface area contributed by atoms with Crippen LogP contribution in [-0.4, -0.2) is 136 Å². The van der Waals surface area contributed by atoms with Crippen LogP contribution in [0.4, 0.5) is 17.6 Å². The van der Waals surface area contributed by atoms with Crippen LogP contribution >= 0.6 is 74.7 Å². The second-order valence-corrected chi connectivity index (χ2v) is 33.9. The minimum Gasteiger partial charge on any atom is -0.492 e. The topological polar surface area (TPSA) is 200 Å². The third-order valence-corrected chi connectivity index (χ3v) is 24.2. The lowest BCUT2D eigenvalue weighted by Gasteiger charge is -2.25. The van der Waals surface area contributed by atoms with Crippen molar-refractivity contribution in [1.29, 1.82) is 0 Å². The van der Waals surface area contributed by atoms with Gasteiger partial charge in [-0.05, 0) is 202 Å². The number of benzene rings is 8.